The van der Waals surface area contributed by atoms with Gasteiger partial charge < -0.3 is 9.64 Å². The van der Waals surface area contributed by atoms with Crippen molar-refractivity contribution in [2.75, 3.05) is 19.7 Å². The zero-order chi connectivity index (χ0) is 13.5. The molecule has 19 heavy (non-hydrogen) atoms. The summed E-state index contributed by atoms with van der Waals surface area (Å²) in [6.45, 7) is 1.39. The molecule has 2 fully saturated rings. The van der Waals surface area contributed by atoms with Crippen LogP contribution in [0.3, 0.4) is 0 Å². The molecule has 2 aliphatic rings. The third-order valence-corrected chi connectivity index (χ3v) is 4.09. The number of epoxide rings is 1. The van der Waals surface area contributed by atoms with Gasteiger partial charge in [0.25, 0.3) is 5.91 Å². The molecule has 1 amide bonds. The maximum absolute atomic E-state index is 14.9. The predicted molar refractivity (Wildman–Crippen MR) is 69.8 cm³/mol. The Hall–Kier alpha value is -1.13. The number of carbonyl (C=O) groups excluding carboxylic acids is 1. The summed E-state index contributed by atoms with van der Waals surface area (Å²) >= 11 is 5.81. The molecule has 2 aliphatic heterocycles. The smallest absolute Gasteiger partial charge is 0.254 e. The number of piperidine rings is 1. The van der Waals surface area contributed by atoms with Gasteiger partial charge in [-0.25, -0.2) is 4.39 Å². The number of carbonyl (C=O) groups is 1. The van der Waals surface area contributed by atoms with Crippen LogP contribution in [0.25, 0.3) is 0 Å². The Bertz CT molecular complexity index is 479. The number of hydrogen-bond donors (Lipinski definition) is 0. The predicted octanol–water partition coefficient (Wildman–Crippen LogP) is 2.53. The summed E-state index contributed by atoms with van der Waals surface area (Å²) in [5.41, 5.74) is -0.710. The molecule has 5 heteroatoms. The third kappa shape index (κ3) is 2.60. The molecule has 0 aliphatic carbocycles. The number of nitrogens with zero attached hydrogens (tertiary/aromatic N) is 1. The summed E-state index contributed by atoms with van der Waals surface area (Å²) < 4.78 is 19.9. The van der Waals surface area contributed by atoms with Gasteiger partial charge in [-0.3, -0.25) is 4.79 Å². The molecule has 2 heterocycles. The van der Waals surface area contributed by atoms with E-state index in [1.807, 2.05) is 0 Å². The minimum Gasteiger partial charge on any atom is -0.363 e. The van der Waals surface area contributed by atoms with Crippen molar-refractivity contribution < 1.29 is 13.9 Å². The van der Waals surface area contributed by atoms with Crippen LogP contribution in [-0.2, 0) is 15.2 Å². The molecule has 0 aromatic heterocycles. The van der Waals surface area contributed by atoms with Crippen LogP contribution in [0, 0.1) is 0 Å². The quantitative estimate of drug-likeness (QED) is 0.782. The number of ether oxygens (including phenoxy) is 1. The molecule has 0 saturated carbocycles. The highest BCUT2D eigenvalue weighted by Crippen LogP contribution is 2.37. The van der Waals surface area contributed by atoms with E-state index in [4.69, 9.17) is 16.3 Å². The van der Waals surface area contributed by atoms with E-state index in [1.54, 1.807) is 29.2 Å². The molecule has 1 aromatic carbocycles. The van der Waals surface area contributed by atoms with Gasteiger partial charge >= 0.3 is 0 Å². The molecule has 0 bridgehead atoms. The van der Waals surface area contributed by atoms with Crippen LogP contribution >= 0.6 is 11.6 Å². The zero-order valence-corrected chi connectivity index (χ0v) is 11.2. The van der Waals surface area contributed by atoms with E-state index in [9.17, 15) is 9.18 Å². The van der Waals surface area contributed by atoms with Crippen molar-refractivity contribution in [2.24, 2.45) is 0 Å². The first-order valence-corrected chi connectivity index (χ1v) is 6.82. The first kappa shape index (κ1) is 12.9. The van der Waals surface area contributed by atoms with Crippen LogP contribution in [0.15, 0.2) is 24.3 Å². The molecular formula is C14H15ClFNO2. The van der Waals surface area contributed by atoms with Crippen molar-refractivity contribution in [1.82, 2.24) is 4.90 Å². The minimum atomic E-state index is -1.36. The summed E-state index contributed by atoms with van der Waals surface area (Å²) in [5.74, 6) is -0.00171. The number of likely N-dealkylation sites (tertiary alicyclic amines) is 1. The van der Waals surface area contributed by atoms with Crippen molar-refractivity contribution in [3.05, 3.63) is 34.9 Å². The van der Waals surface area contributed by atoms with Crippen LogP contribution in [0.5, 0.6) is 0 Å². The van der Waals surface area contributed by atoms with Gasteiger partial charge in [0, 0.05) is 31.0 Å². The third-order valence-electron chi connectivity index (χ3n) is 3.84. The van der Waals surface area contributed by atoms with Crippen molar-refractivity contribution in [3.8, 4) is 0 Å². The molecule has 0 radical (unpaired) electrons. The summed E-state index contributed by atoms with van der Waals surface area (Å²) in [7, 11) is 0. The molecule has 1 unspecified atom stereocenters. The molecule has 0 spiro atoms. The van der Waals surface area contributed by atoms with Crippen LogP contribution in [-0.4, -0.2) is 36.6 Å². The lowest BCUT2D eigenvalue weighted by molar-refractivity contribution is -0.135. The van der Waals surface area contributed by atoms with E-state index in [1.165, 1.54) is 0 Å². The lowest BCUT2D eigenvalue weighted by Gasteiger charge is -2.36. The van der Waals surface area contributed by atoms with E-state index < -0.39 is 5.67 Å². The average molecular weight is 284 g/mol. The lowest BCUT2D eigenvalue weighted by atomic mass is 9.86. The van der Waals surface area contributed by atoms with Crippen molar-refractivity contribution in [1.29, 1.82) is 0 Å². The van der Waals surface area contributed by atoms with Gasteiger partial charge in [-0.1, -0.05) is 23.7 Å². The van der Waals surface area contributed by atoms with Crippen molar-refractivity contribution >= 4 is 17.5 Å². The number of halogens is 2. The fourth-order valence-corrected chi connectivity index (χ4v) is 2.64. The number of rotatable bonds is 2. The molecule has 0 N–H and O–H groups in total. The second-order valence-corrected chi connectivity index (χ2v) is 5.56. The normalized spacial score (nSPS) is 25.2. The van der Waals surface area contributed by atoms with E-state index in [0.717, 1.165) is 0 Å². The molecule has 3 nitrogen and oxygen atoms in total. The van der Waals surface area contributed by atoms with Gasteiger partial charge in [0.05, 0.1) is 6.61 Å². The summed E-state index contributed by atoms with van der Waals surface area (Å²) in [4.78, 5) is 13.5. The van der Waals surface area contributed by atoms with Crippen LogP contribution in [0.2, 0.25) is 5.02 Å². The van der Waals surface area contributed by atoms with E-state index in [2.05, 4.69) is 0 Å². The highest BCUT2D eigenvalue weighted by Gasteiger charge is 2.41. The monoisotopic (exact) mass is 283 g/mol. The van der Waals surface area contributed by atoms with Gasteiger partial charge in [-0.2, -0.15) is 0 Å². The fraction of sp³-hybridized carbons (Fsp3) is 0.500. The number of amides is 1. The van der Waals surface area contributed by atoms with Crippen molar-refractivity contribution in [2.45, 2.75) is 24.6 Å². The highest BCUT2D eigenvalue weighted by molar-refractivity contribution is 6.30. The highest BCUT2D eigenvalue weighted by atomic mass is 35.5. The van der Waals surface area contributed by atoms with Crippen LogP contribution < -0.4 is 0 Å². The minimum absolute atomic E-state index is 0.00171. The molecular weight excluding hydrogens is 269 g/mol. The first-order valence-electron chi connectivity index (χ1n) is 6.44. The molecule has 1 aromatic rings. The topological polar surface area (TPSA) is 32.8 Å². The van der Waals surface area contributed by atoms with E-state index in [0.29, 0.717) is 43.1 Å². The standard InChI is InChI=1S/C14H15ClFNO2/c15-11-3-1-10(2-4-11)14(16)5-7-17(8-6-14)13(18)12-9-19-12/h1-4,12H,5-9H2. The van der Waals surface area contributed by atoms with Gasteiger partial charge in [0.1, 0.15) is 5.67 Å². The Morgan fingerprint density at radius 1 is 1.32 bits per heavy atom. The van der Waals surface area contributed by atoms with Gasteiger partial charge in [-0.15, -0.1) is 0 Å². The van der Waals surface area contributed by atoms with E-state index in [-0.39, 0.29) is 12.0 Å². The maximum Gasteiger partial charge on any atom is 0.254 e. The Morgan fingerprint density at radius 3 is 2.42 bits per heavy atom. The Morgan fingerprint density at radius 2 is 1.89 bits per heavy atom. The van der Waals surface area contributed by atoms with Crippen LogP contribution in [0.1, 0.15) is 18.4 Å². The average Bonchev–Trinajstić information content (AvgIpc) is 3.24. The summed E-state index contributed by atoms with van der Waals surface area (Å²) in [6, 6.07) is 6.86. The Kier molecular flexibility index (Phi) is 3.23. The Labute approximate surface area is 116 Å². The second kappa shape index (κ2) is 4.76. The maximum atomic E-state index is 14.9. The largest absolute Gasteiger partial charge is 0.363 e. The molecule has 2 saturated heterocycles. The fourth-order valence-electron chi connectivity index (χ4n) is 2.51. The van der Waals surface area contributed by atoms with Gasteiger partial charge in [0.2, 0.25) is 0 Å². The zero-order valence-electron chi connectivity index (χ0n) is 10.4. The second-order valence-electron chi connectivity index (χ2n) is 5.12. The SMILES string of the molecule is O=C(C1CO1)N1CCC(F)(c2ccc(Cl)cc2)CC1. The lowest BCUT2D eigenvalue weighted by Crippen LogP contribution is -2.45. The molecule has 102 valence electrons. The summed E-state index contributed by atoms with van der Waals surface area (Å²) in [6.07, 6.45) is 0.378. The van der Waals surface area contributed by atoms with E-state index >= 15 is 0 Å². The van der Waals surface area contributed by atoms with Gasteiger partial charge in [0.15, 0.2) is 6.10 Å². The molecule has 1 atom stereocenters. The number of hydrogen-bond acceptors (Lipinski definition) is 2. The Balaban J connectivity index is 1.67. The molecule has 3 rings (SSSR count). The number of alkyl halides is 1. The van der Waals surface area contributed by atoms with Gasteiger partial charge in [-0.05, 0) is 17.7 Å². The van der Waals surface area contributed by atoms with Crippen molar-refractivity contribution in [3.63, 3.8) is 0 Å². The summed E-state index contributed by atoms with van der Waals surface area (Å²) in [5, 5.41) is 0.603. The first-order chi connectivity index (χ1) is 9.08. The van der Waals surface area contributed by atoms with Crippen LogP contribution in [0.4, 0.5) is 4.39 Å². The number of benzene rings is 1.